The zero-order valence-corrected chi connectivity index (χ0v) is 20.3. The second kappa shape index (κ2) is 10.5. The summed E-state index contributed by atoms with van der Waals surface area (Å²) in [4.78, 5) is 17.6. The summed E-state index contributed by atoms with van der Waals surface area (Å²) in [7, 11) is 3.23. The summed E-state index contributed by atoms with van der Waals surface area (Å²) in [6, 6.07) is 19.4. The Morgan fingerprint density at radius 3 is 2.24 bits per heavy atom. The lowest BCUT2D eigenvalue weighted by atomic mass is 10.1. The summed E-state index contributed by atoms with van der Waals surface area (Å²) >= 11 is 0. The van der Waals surface area contributed by atoms with Crippen LogP contribution in [0.25, 0.3) is 0 Å². The van der Waals surface area contributed by atoms with E-state index < -0.39 is 0 Å². The van der Waals surface area contributed by atoms with Gasteiger partial charge in [0.05, 0.1) is 14.2 Å². The molecule has 3 aromatic rings. The van der Waals surface area contributed by atoms with Crippen molar-refractivity contribution < 1.29 is 19.0 Å². The fraction of sp³-hybridized carbons (Fsp3) is 0.321. The van der Waals surface area contributed by atoms with E-state index in [1.807, 2.05) is 47.4 Å². The van der Waals surface area contributed by atoms with Crippen LogP contribution in [0, 0.1) is 13.8 Å². The second-order valence-electron chi connectivity index (χ2n) is 8.46. The molecule has 6 nitrogen and oxygen atoms in total. The predicted molar refractivity (Wildman–Crippen MR) is 134 cm³/mol. The van der Waals surface area contributed by atoms with Gasteiger partial charge in [0, 0.05) is 43.0 Å². The van der Waals surface area contributed by atoms with Gasteiger partial charge in [-0.2, -0.15) is 0 Å². The molecule has 0 aromatic heterocycles. The number of hydrogen-bond acceptors (Lipinski definition) is 5. The summed E-state index contributed by atoms with van der Waals surface area (Å²) < 4.78 is 16.9. The molecule has 0 unspecified atom stereocenters. The van der Waals surface area contributed by atoms with Gasteiger partial charge in [0.1, 0.15) is 12.4 Å². The number of para-hydroxylation sites is 2. The van der Waals surface area contributed by atoms with Crippen molar-refractivity contribution in [1.29, 1.82) is 0 Å². The number of hydrogen-bond donors (Lipinski definition) is 0. The van der Waals surface area contributed by atoms with Crippen molar-refractivity contribution in [2.24, 2.45) is 0 Å². The number of nitrogens with zero attached hydrogens (tertiary/aromatic N) is 2. The molecule has 1 fully saturated rings. The van der Waals surface area contributed by atoms with Gasteiger partial charge in [0.25, 0.3) is 5.91 Å². The standard InChI is InChI=1S/C28H32N2O4/c1-20-8-7-9-24(21(20)2)29-14-16-30(17-15-29)28(31)22-12-13-25(32-3)23(18-22)19-34-27-11-6-5-10-26(27)33-4/h5-13,18H,14-17,19H2,1-4H3. The summed E-state index contributed by atoms with van der Waals surface area (Å²) in [5.41, 5.74) is 5.30. The van der Waals surface area contributed by atoms with Crippen LogP contribution in [0.4, 0.5) is 5.69 Å². The Hall–Kier alpha value is -3.67. The van der Waals surface area contributed by atoms with E-state index in [1.54, 1.807) is 14.2 Å². The minimum atomic E-state index is 0.0295. The third-order valence-corrected chi connectivity index (χ3v) is 6.46. The molecule has 0 N–H and O–H groups in total. The van der Waals surface area contributed by atoms with Crippen LogP contribution >= 0.6 is 0 Å². The van der Waals surface area contributed by atoms with E-state index in [1.165, 1.54) is 16.8 Å². The van der Waals surface area contributed by atoms with E-state index in [0.717, 1.165) is 18.7 Å². The number of carbonyl (C=O) groups excluding carboxylic acids is 1. The fourth-order valence-electron chi connectivity index (χ4n) is 4.33. The van der Waals surface area contributed by atoms with Gasteiger partial charge in [0.2, 0.25) is 0 Å². The number of anilines is 1. The molecular formula is C28H32N2O4. The van der Waals surface area contributed by atoms with E-state index >= 15 is 0 Å². The number of rotatable bonds is 7. The number of benzene rings is 3. The maximum Gasteiger partial charge on any atom is 0.253 e. The van der Waals surface area contributed by atoms with Crippen LogP contribution in [0.2, 0.25) is 0 Å². The summed E-state index contributed by atoms with van der Waals surface area (Å²) in [5.74, 6) is 2.02. The Labute approximate surface area is 201 Å². The SMILES string of the molecule is COc1ccc(C(=O)N2CCN(c3cccc(C)c3C)CC2)cc1COc1ccccc1OC. The molecule has 0 aliphatic carbocycles. The van der Waals surface area contributed by atoms with Gasteiger partial charge < -0.3 is 24.0 Å². The van der Waals surface area contributed by atoms with Crippen LogP contribution < -0.4 is 19.1 Å². The van der Waals surface area contributed by atoms with E-state index in [4.69, 9.17) is 14.2 Å². The molecule has 3 aromatic carbocycles. The quantitative estimate of drug-likeness (QED) is 0.504. The van der Waals surface area contributed by atoms with E-state index in [0.29, 0.717) is 35.9 Å². The van der Waals surface area contributed by atoms with Crippen molar-refractivity contribution in [2.75, 3.05) is 45.3 Å². The highest BCUT2D eigenvalue weighted by Crippen LogP contribution is 2.29. The molecule has 1 aliphatic rings. The molecule has 0 bridgehead atoms. The van der Waals surface area contributed by atoms with Crippen LogP contribution in [-0.4, -0.2) is 51.2 Å². The first-order chi connectivity index (χ1) is 16.5. The summed E-state index contributed by atoms with van der Waals surface area (Å²) in [6.45, 7) is 7.57. The fourth-order valence-corrected chi connectivity index (χ4v) is 4.33. The van der Waals surface area contributed by atoms with Gasteiger partial charge in [-0.3, -0.25) is 4.79 Å². The molecule has 4 rings (SSSR count). The average molecular weight is 461 g/mol. The molecule has 0 spiro atoms. The topological polar surface area (TPSA) is 51.2 Å². The van der Waals surface area contributed by atoms with Crippen molar-refractivity contribution >= 4 is 11.6 Å². The summed E-state index contributed by atoms with van der Waals surface area (Å²) in [6.07, 6.45) is 0. The monoisotopic (exact) mass is 460 g/mol. The van der Waals surface area contributed by atoms with E-state index in [-0.39, 0.29) is 12.5 Å². The number of piperazine rings is 1. The van der Waals surface area contributed by atoms with Crippen molar-refractivity contribution in [1.82, 2.24) is 4.90 Å². The number of carbonyl (C=O) groups is 1. The van der Waals surface area contributed by atoms with Crippen molar-refractivity contribution in [3.8, 4) is 17.2 Å². The van der Waals surface area contributed by atoms with Crippen molar-refractivity contribution in [3.63, 3.8) is 0 Å². The third kappa shape index (κ3) is 4.96. The lowest BCUT2D eigenvalue weighted by Crippen LogP contribution is -2.49. The van der Waals surface area contributed by atoms with Gasteiger partial charge in [0.15, 0.2) is 11.5 Å². The highest BCUT2D eigenvalue weighted by Gasteiger charge is 2.24. The van der Waals surface area contributed by atoms with Crippen molar-refractivity contribution in [2.45, 2.75) is 20.5 Å². The van der Waals surface area contributed by atoms with Gasteiger partial charge in [-0.1, -0.05) is 24.3 Å². The molecule has 1 saturated heterocycles. The number of aryl methyl sites for hydroxylation is 1. The van der Waals surface area contributed by atoms with Gasteiger partial charge in [-0.05, 0) is 61.4 Å². The largest absolute Gasteiger partial charge is 0.496 e. The lowest BCUT2D eigenvalue weighted by Gasteiger charge is -2.37. The maximum atomic E-state index is 13.3. The first kappa shape index (κ1) is 23.5. The van der Waals surface area contributed by atoms with Crippen LogP contribution in [0.1, 0.15) is 27.0 Å². The molecule has 0 saturated carbocycles. The third-order valence-electron chi connectivity index (χ3n) is 6.46. The minimum absolute atomic E-state index is 0.0295. The zero-order chi connectivity index (χ0) is 24.1. The van der Waals surface area contributed by atoms with Crippen LogP contribution in [0.15, 0.2) is 60.7 Å². The molecule has 1 amide bonds. The minimum Gasteiger partial charge on any atom is -0.496 e. The number of methoxy groups -OCH3 is 2. The Bertz CT molecular complexity index is 1150. The van der Waals surface area contributed by atoms with Gasteiger partial charge in [-0.25, -0.2) is 0 Å². The number of ether oxygens (including phenoxy) is 3. The van der Waals surface area contributed by atoms with Gasteiger partial charge >= 0.3 is 0 Å². The van der Waals surface area contributed by atoms with Crippen LogP contribution in [-0.2, 0) is 6.61 Å². The molecule has 1 heterocycles. The molecule has 0 atom stereocenters. The van der Waals surface area contributed by atoms with Crippen molar-refractivity contribution in [3.05, 3.63) is 82.9 Å². The lowest BCUT2D eigenvalue weighted by molar-refractivity contribution is 0.0746. The van der Waals surface area contributed by atoms with E-state index in [2.05, 4.69) is 36.9 Å². The molecule has 1 aliphatic heterocycles. The summed E-state index contributed by atoms with van der Waals surface area (Å²) in [5, 5.41) is 0. The normalized spacial score (nSPS) is 13.5. The molecule has 178 valence electrons. The predicted octanol–water partition coefficient (Wildman–Crippen LogP) is 4.86. The zero-order valence-electron chi connectivity index (χ0n) is 20.3. The smallest absolute Gasteiger partial charge is 0.253 e. The second-order valence-corrected chi connectivity index (χ2v) is 8.46. The van der Waals surface area contributed by atoms with E-state index in [9.17, 15) is 4.79 Å². The Kier molecular flexibility index (Phi) is 7.26. The Morgan fingerprint density at radius 1 is 0.824 bits per heavy atom. The Morgan fingerprint density at radius 2 is 1.53 bits per heavy atom. The van der Waals surface area contributed by atoms with Crippen LogP contribution in [0.3, 0.4) is 0 Å². The Balaban J connectivity index is 1.45. The molecule has 34 heavy (non-hydrogen) atoms. The number of amides is 1. The molecule has 6 heteroatoms. The highest BCUT2D eigenvalue weighted by molar-refractivity contribution is 5.94. The first-order valence-electron chi connectivity index (χ1n) is 11.5. The highest BCUT2D eigenvalue weighted by atomic mass is 16.5. The van der Waals surface area contributed by atoms with Crippen LogP contribution in [0.5, 0.6) is 17.2 Å². The molecular weight excluding hydrogens is 428 g/mol. The first-order valence-corrected chi connectivity index (χ1v) is 11.5. The molecule has 0 radical (unpaired) electrons. The average Bonchev–Trinajstić information content (AvgIpc) is 2.88. The van der Waals surface area contributed by atoms with Gasteiger partial charge in [-0.15, -0.1) is 0 Å². The maximum absolute atomic E-state index is 13.3.